The van der Waals surface area contributed by atoms with Crippen LogP contribution in [0.5, 0.6) is 0 Å². The summed E-state index contributed by atoms with van der Waals surface area (Å²) in [6.07, 6.45) is 1.64. The number of carbonyl (C=O) groups excluding carboxylic acids is 1. The highest BCUT2D eigenvalue weighted by Crippen LogP contribution is 2.14. The maximum absolute atomic E-state index is 12.6. The van der Waals surface area contributed by atoms with Crippen LogP contribution < -0.4 is 0 Å². The maximum atomic E-state index is 12.6. The van der Waals surface area contributed by atoms with Gasteiger partial charge in [-0.25, -0.2) is 9.97 Å². The highest BCUT2D eigenvalue weighted by molar-refractivity contribution is 5.92. The van der Waals surface area contributed by atoms with E-state index >= 15 is 0 Å². The summed E-state index contributed by atoms with van der Waals surface area (Å²) in [5, 5.41) is 1.09. The van der Waals surface area contributed by atoms with E-state index in [1.54, 1.807) is 24.2 Å². The molecule has 3 rings (SSSR count). The lowest BCUT2D eigenvalue weighted by Gasteiger charge is -2.17. The molecule has 5 nitrogen and oxygen atoms in total. The predicted molar refractivity (Wildman–Crippen MR) is 93.7 cm³/mol. The van der Waals surface area contributed by atoms with Gasteiger partial charge in [0.25, 0.3) is 5.91 Å². The first-order chi connectivity index (χ1) is 11.5. The molecule has 3 aromatic rings. The molecule has 1 aromatic carbocycles. The molecular formula is C19H20N4O. The van der Waals surface area contributed by atoms with Gasteiger partial charge in [0.15, 0.2) is 0 Å². The van der Waals surface area contributed by atoms with Gasteiger partial charge < -0.3 is 4.90 Å². The molecule has 0 bridgehead atoms. The molecule has 0 saturated carbocycles. The lowest BCUT2D eigenvalue weighted by Crippen LogP contribution is -2.27. The molecule has 122 valence electrons. The van der Waals surface area contributed by atoms with Gasteiger partial charge in [0.05, 0.1) is 17.8 Å². The van der Waals surface area contributed by atoms with Gasteiger partial charge in [-0.2, -0.15) is 0 Å². The van der Waals surface area contributed by atoms with E-state index in [2.05, 4.69) is 15.0 Å². The van der Waals surface area contributed by atoms with Crippen LogP contribution in [0.4, 0.5) is 0 Å². The van der Waals surface area contributed by atoms with Gasteiger partial charge in [-0.05, 0) is 18.2 Å². The molecule has 1 amide bonds. The molecule has 0 aliphatic heterocycles. The van der Waals surface area contributed by atoms with Crippen LogP contribution in [0, 0.1) is 0 Å². The highest BCUT2D eigenvalue weighted by atomic mass is 16.2. The van der Waals surface area contributed by atoms with Crippen molar-refractivity contribution in [2.24, 2.45) is 0 Å². The summed E-state index contributed by atoms with van der Waals surface area (Å²) >= 11 is 0. The van der Waals surface area contributed by atoms with Gasteiger partial charge in [0, 0.05) is 24.5 Å². The van der Waals surface area contributed by atoms with Crippen LogP contribution >= 0.6 is 0 Å². The minimum atomic E-state index is -0.130. The number of hydrogen-bond donors (Lipinski definition) is 0. The van der Waals surface area contributed by atoms with Gasteiger partial charge in [0.2, 0.25) is 0 Å². The van der Waals surface area contributed by atoms with Crippen molar-refractivity contribution in [1.29, 1.82) is 0 Å². The second kappa shape index (κ2) is 6.74. The molecule has 5 heteroatoms. The van der Waals surface area contributed by atoms with Crippen LogP contribution in [0.2, 0.25) is 0 Å². The van der Waals surface area contributed by atoms with E-state index in [-0.39, 0.29) is 11.8 Å². The van der Waals surface area contributed by atoms with E-state index in [1.165, 1.54) is 0 Å². The summed E-state index contributed by atoms with van der Waals surface area (Å²) in [5.41, 5.74) is 2.19. The standard InChI is InChI=1S/C19H20N4O/c1-13(2)18-20-11-10-17(22-18)19(24)23(3)12-15-9-8-14-6-4-5-7-16(14)21-15/h4-11,13H,12H2,1-3H3. The van der Waals surface area contributed by atoms with Gasteiger partial charge >= 0.3 is 0 Å². The van der Waals surface area contributed by atoms with Crippen LogP contribution in [0.15, 0.2) is 48.7 Å². The Labute approximate surface area is 141 Å². The second-order valence-electron chi connectivity index (χ2n) is 6.11. The van der Waals surface area contributed by atoms with E-state index in [9.17, 15) is 4.79 Å². The van der Waals surface area contributed by atoms with Crippen LogP contribution in [0.1, 0.15) is 41.8 Å². The van der Waals surface area contributed by atoms with E-state index in [4.69, 9.17) is 0 Å². The molecule has 0 atom stereocenters. The SMILES string of the molecule is CC(C)c1nccc(C(=O)N(C)Cc2ccc3ccccc3n2)n1. The van der Waals surface area contributed by atoms with Crippen LogP contribution in [0.3, 0.4) is 0 Å². The Morgan fingerprint density at radius 2 is 1.88 bits per heavy atom. The summed E-state index contributed by atoms with van der Waals surface area (Å²) in [6.45, 7) is 4.45. The molecule has 2 aromatic heterocycles. The van der Waals surface area contributed by atoms with Crippen molar-refractivity contribution < 1.29 is 4.79 Å². The number of amides is 1. The third kappa shape index (κ3) is 3.40. The Morgan fingerprint density at radius 1 is 1.08 bits per heavy atom. The summed E-state index contributed by atoms with van der Waals surface area (Å²) in [4.78, 5) is 27.4. The zero-order valence-corrected chi connectivity index (χ0v) is 14.1. The monoisotopic (exact) mass is 320 g/mol. The molecule has 0 aliphatic rings. The molecule has 0 spiro atoms. The van der Waals surface area contributed by atoms with Crippen molar-refractivity contribution in [3.8, 4) is 0 Å². The summed E-state index contributed by atoms with van der Waals surface area (Å²) in [7, 11) is 1.76. The Balaban J connectivity index is 1.79. The third-order valence-electron chi connectivity index (χ3n) is 3.81. The van der Waals surface area contributed by atoms with Gasteiger partial charge in [0.1, 0.15) is 11.5 Å². The number of aromatic nitrogens is 3. The number of carbonyl (C=O) groups is 1. The molecule has 2 heterocycles. The Bertz CT molecular complexity index is 876. The van der Waals surface area contributed by atoms with Gasteiger partial charge in [-0.1, -0.05) is 38.1 Å². The summed E-state index contributed by atoms with van der Waals surface area (Å²) in [5.74, 6) is 0.734. The van der Waals surface area contributed by atoms with E-state index in [1.807, 2.05) is 50.2 Å². The summed E-state index contributed by atoms with van der Waals surface area (Å²) in [6, 6.07) is 13.6. The number of benzene rings is 1. The zero-order chi connectivity index (χ0) is 17.1. The number of hydrogen-bond acceptors (Lipinski definition) is 4. The lowest BCUT2D eigenvalue weighted by atomic mass is 10.2. The van der Waals surface area contributed by atoms with Crippen molar-refractivity contribution in [3.63, 3.8) is 0 Å². The van der Waals surface area contributed by atoms with Crippen LogP contribution in [-0.2, 0) is 6.54 Å². The number of rotatable bonds is 4. The first kappa shape index (κ1) is 16.1. The number of para-hydroxylation sites is 1. The smallest absolute Gasteiger partial charge is 0.272 e. The number of pyridine rings is 1. The second-order valence-corrected chi connectivity index (χ2v) is 6.11. The highest BCUT2D eigenvalue weighted by Gasteiger charge is 2.16. The molecule has 0 fully saturated rings. The maximum Gasteiger partial charge on any atom is 0.272 e. The molecule has 0 radical (unpaired) electrons. The lowest BCUT2D eigenvalue weighted by molar-refractivity contribution is 0.0777. The van der Waals surface area contributed by atoms with Crippen LogP contribution in [0.25, 0.3) is 10.9 Å². The van der Waals surface area contributed by atoms with Crippen molar-refractivity contribution in [1.82, 2.24) is 19.9 Å². The predicted octanol–water partition coefficient (Wildman–Crippen LogP) is 3.42. The zero-order valence-electron chi connectivity index (χ0n) is 14.1. The molecule has 0 saturated heterocycles. The minimum Gasteiger partial charge on any atom is -0.334 e. The Hall–Kier alpha value is -2.82. The molecule has 0 aliphatic carbocycles. The first-order valence-electron chi connectivity index (χ1n) is 7.97. The summed E-state index contributed by atoms with van der Waals surface area (Å²) < 4.78 is 0. The third-order valence-corrected chi connectivity index (χ3v) is 3.81. The van der Waals surface area contributed by atoms with Crippen LogP contribution in [-0.4, -0.2) is 32.8 Å². The average molecular weight is 320 g/mol. The van der Waals surface area contributed by atoms with Crippen molar-refractivity contribution in [3.05, 3.63) is 65.9 Å². The number of fused-ring (bicyclic) bond motifs is 1. The van der Waals surface area contributed by atoms with Crippen molar-refractivity contribution >= 4 is 16.8 Å². The largest absolute Gasteiger partial charge is 0.334 e. The fraction of sp³-hybridized carbons (Fsp3) is 0.263. The molecule has 0 N–H and O–H groups in total. The van der Waals surface area contributed by atoms with E-state index < -0.39 is 0 Å². The topological polar surface area (TPSA) is 59.0 Å². The minimum absolute atomic E-state index is 0.130. The number of nitrogens with zero attached hydrogens (tertiary/aromatic N) is 4. The van der Waals surface area contributed by atoms with Crippen molar-refractivity contribution in [2.75, 3.05) is 7.05 Å². The Kier molecular flexibility index (Phi) is 4.51. The quantitative estimate of drug-likeness (QED) is 0.739. The van der Waals surface area contributed by atoms with E-state index in [0.29, 0.717) is 18.1 Å². The molecule has 0 unspecified atom stereocenters. The first-order valence-corrected chi connectivity index (χ1v) is 7.97. The average Bonchev–Trinajstić information content (AvgIpc) is 2.61. The van der Waals surface area contributed by atoms with Crippen molar-refractivity contribution in [2.45, 2.75) is 26.3 Å². The molecule has 24 heavy (non-hydrogen) atoms. The molecular weight excluding hydrogens is 300 g/mol. The fourth-order valence-electron chi connectivity index (χ4n) is 2.48. The fourth-order valence-corrected chi connectivity index (χ4v) is 2.48. The van der Waals surface area contributed by atoms with E-state index in [0.717, 1.165) is 16.6 Å². The van der Waals surface area contributed by atoms with Gasteiger partial charge in [-0.3, -0.25) is 9.78 Å². The van der Waals surface area contributed by atoms with Gasteiger partial charge in [-0.15, -0.1) is 0 Å². The Morgan fingerprint density at radius 3 is 2.67 bits per heavy atom. The normalized spacial score (nSPS) is 11.0.